The fourth-order valence-electron chi connectivity index (χ4n) is 2.19. The SMILES string of the molecule is O=C(CC1CSCCN1)NCc1ccccc1OCC(F)(F)F. The van der Waals surface area contributed by atoms with Crippen LogP contribution < -0.4 is 15.4 Å². The summed E-state index contributed by atoms with van der Waals surface area (Å²) in [5, 5.41) is 6.00. The van der Waals surface area contributed by atoms with Gasteiger partial charge < -0.3 is 15.4 Å². The molecule has 0 aromatic heterocycles. The number of para-hydroxylation sites is 1. The van der Waals surface area contributed by atoms with Gasteiger partial charge in [0.25, 0.3) is 0 Å². The third-order valence-corrected chi connectivity index (χ3v) is 4.40. The van der Waals surface area contributed by atoms with Crippen molar-refractivity contribution >= 4 is 17.7 Å². The Morgan fingerprint density at radius 1 is 1.39 bits per heavy atom. The summed E-state index contributed by atoms with van der Waals surface area (Å²) in [6.45, 7) is -0.315. The number of benzene rings is 1. The summed E-state index contributed by atoms with van der Waals surface area (Å²) < 4.78 is 41.5. The van der Waals surface area contributed by atoms with Gasteiger partial charge in [-0.05, 0) is 6.07 Å². The first kappa shape index (κ1) is 17.9. The van der Waals surface area contributed by atoms with E-state index in [1.807, 2.05) is 0 Å². The molecule has 1 saturated heterocycles. The summed E-state index contributed by atoms with van der Waals surface area (Å²) >= 11 is 1.80. The number of amides is 1. The summed E-state index contributed by atoms with van der Waals surface area (Å²) in [6, 6.07) is 6.54. The summed E-state index contributed by atoms with van der Waals surface area (Å²) in [5.74, 6) is 1.94. The van der Waals surface area contributed by atoms with E-state index >= 15 is 0 Å². The Morgan fingerprint density at radius 2 is 2.17 bits per heavy atom. The van der Waals surface area contributed by atoms with Crippen molar-refractivity contribution in [3.05, 3.63) is 29.8 Å². The number of alkyl halides is 3. The number of carbonyl (C=O) groups excluding carboxylic acids is 1. The van der Waals surface area contributed by atoms with Gasteiger partial charge in [-0.2, -0.15) is 24.9 Å². The van der Waals surface area contributed by atoms with E-state index in [0.29, 0.717) is 12.0 Å². The van der Waals surface area contributed by atoms with Crippen molar-refractivity contribution in [3.63, 3.8) is 0 Å². The lowest BCUT2D eigenvalue weighted by atomic mass is 10.2. The van der Waals surface area contributed by atoms with Crippen molar-refractivity contribution in [3.8, 4) is 5.75 Å². The van der Waals surface area contributed by atoms with Crippen LogP contribution in [0.4, 0.5) is 13.2 Å². The van der Waals surface area contributed by atoms with Crippen LogP contribution in [0.15, 0.2) is 24.3 Å². The summed E-state index contributed by atoms with van der Waals surface area (Å²) in [7, 11) is 0. The standard InChI is InChI=1S/C15H19F3N2O2S/c16-15(17,18)10-22-13-4-2-1-3-11(13)8-20-14(21)7-12-9-23-6-5-19-12/h1-4,12,19H,5-10H2,(H,20,21). The van der Waals surface area contributed by atoms with Gasteiger partial charge >= 0.3 is 6.18 Å². The minimum Gasteiger partial charge on any atom is -0.484 e. The Morgan fingerprint density at radius 3 is 2.87 bits per heavy atom. The maximum Gasteiger partial charge on any atom is 0.422 e. The van der Waals surface area contributed by atoms with Gasteiger partial charge in [0.15, 0.2) is 6.61 Å². The molecule has 0 aliphatic carbocycles. The minimum absolute atomic E-state index is 0.129. The van der Waals surface area contributed by atoms with Crippen molar-refractivity contribution in [1.29, 1.82) is 0 Å². The van der Waals surface area contributed by atoms with Crippen LogP contribution in [-0.2, 0) is 11.3 Å². The van der Waals surface area contributed by atoms with E-state index in [2.05, 4.69) is 10.6 Å². The number of rotatable bonds is 6. The van der Waals surface area contributed by atoms with E-state index in [-0.39, 0.29) is 24.2 Å². The maximum atomic E-state index is 12.2. The largest absolute Gasteiger partial charge is 0.484 e. The van der Waals surface area contributed by atoms with E-state index in [9.17, 15) is 18.0 Å². The highest BCUT2D eigenvalue weighted by Gasteiger charge is 2.28. The smallest absolute Gasteiger partial charge is 0.422 e. The van der Waals surface area contributed by atoms with Gasteiger partial charge in [-0.1, -0.05) is 18.2 Å². The second kappa shape index (κ2) is 8.44. The predicted octanol–water partition coefficient (Wildman–Crippen LogP) is 2.34. The Kier molecular flexibility index (Phi) is 6.59. The normalized spacial score (nSPS) is 18.5. The quantitative estimate of drug-likeness (QED) is 0.829. The molecule has 8 heteroatoms. The molecule has 1 fully saturated rings. The third kappa shape index (κ3) is 6.70. The molecular weight excluding hydrogens is 329 g/mol. The molecule has 1 aliphatic rings. The van der Waals surface area contributed by atoms with E-state index in [1.54, 1.807) is 30.0 Å². The van der Waals surface area contributed by atoms with Gasteiger partial charge in [0.1, 0.15) is 5.75 Å². The van der Waals surface area contributed by atoms with E-state index in [1.165, 1.54) is 6.07 Å². The summed E-state index contributed by atoms with van der Waals surface area (Å²) in [6.07, 6.45) is -4.03. The predicted molar refractivity (Wildman–Crippen MR) is 83.6 cm³/mol. The van der Waals surface area contributed by atoms with Gasteiger partial charge in [-0.3, -0.25) is 4.79 Å². The molecule has 1 amide bonds. The molecule has 1 heterocycles. The van der Waals surface area contributed by atoms with Crippen LogP contribution in [0.2, 0.25) is 0 Å². The average molecular weight is 348 g/mol. The number of ether oxygens (including phenoxy) is 1. The molecule has 0 spiro atoms. The molecule has 1 atom stereocenters. The third-order valence-electron chi connectivity index (χ3n) is 3.27. The number of halogens is 3. The van der Waals surface area contributed by atoms with Crippen LogP contribution in [0.3, 0.4) is 0 Å². The maximum absolute atomic E-state index is 12.2. The van der Waals surface area contributed by atoms with Crippen LogP contribution in [0.5, 0.6) is 5.75 Å². The molecule has 1 aromatic rings. The minimum atomic E-state index is -4.39. The molecular formula is C15H19F3N2O2S. The Balaban J connectivity index is 1.83. The van der Waals surface area contributed by atoms with Crippen LogP contribution in [0.1, 0.15) is 12.0 Å². The zero-order chi connectivity index (χ0) is 16.7. The van der Waals surface area contributed by atoms with Crippen LogP contribution in [-0.4, -0.2) is 42.8 Å². The highest BCUT2D eigenvalue weighted by Crippen LogP contribution is 2.22. The fraction of sp³-hybridized carbons (Fsp3) is 0.533. The molecule has 1 aromatic carbocycles. The van der Waals surface area contributed by atoms with Crippen LogP contribution in [0, 0.1) is 0 Å². The van der Waals surface area contributed by atoms with Gasteiger partial charge in [0.05, 0.1) is 0 Å². The lowest BCUT2D eigenvalue weighted by Crippen LogP contribution is -2.41. The zero-order valence-electron chi connectivity index (χ0n) is 12.5. The van der Waals surface area contributed by atoms with Crippen LogP contribution in [0.25, 0.3) is 0 Å². The Labute approximate surface area is 137 Å². The topological polar surface area (TPSA) is 50.4 Å². The van der Waals surface area contributed by atoms with Gasteiger partial charge in [-0.15, -0.1) is 0 Å². The lowest BCUT2D eigenvalue weighted by molar-refractivity contribution is -0.153. The second-order valence-corrected chi connectivity index (χ2v) is 6.37. The van der Waals surface area contributed by atoms with Crippen molar-refractivity contribution in [2.24, 2.45) is 0 Å². The number of nitrogens with one attached hydrogen (secondary N) is 2. The number of hydrogen-bond acceptors (Lipinski definition) is 4. The number of hydrogen-bond donors (Lipinski definition) is 2. The highest BCUT2D eigenvalue weighted by atomic mass is 32.2. The van der Waals surface area contributed by atoms with Gasteiger partial charge in [0.2, 0.25) is 5.91 Å². The number of thioether (sulfide) groups is 1. The average Bonchev–Trinajstić information content (AvgIpc) is 2.52. The molecule has 0 saturated carbocycles. The first-order chi connectivity index (χ1) is 10.9. The molecule has 2 N–H and O–H groups in total. The Bertz CT molecular complexity index is 520. The van der Waals surface area contributed by atoms with Crippen molar-refractivity contribution < 1.29 is 22.7 Å². The number of carbonyl (C=O) groups is 1. The van der Waals surface area contributed by atoms with E-state index in [4.69, 9.17) is 4.74 Å². The van der Waals surface area contributed by atoms with E-state index < -0.39 is 12.8 Å². The molecule has 23 heavy (non-hydrogen) atoms. The molecule has 128 valence electrons. The van der Waals surface area contributed by atoms with Crippen molar-refractivity contribution in [2.75, 3.05) is 24.7 Å². The second-order valence-electron chi connectivity index (χ2n) is 5.22. The van der Waals surface area contributed by atoms with Crippen molar-refractivity contribution in [2.45, 2.75) is 25.2 Å². The molecule has 4 nitrogen and oxygen atoms in total. The monoisotopic (exact) mass is 348 g/mol. The summed E-state index contributed by atoms with van der Waals surface area (Å²) in [4.78, 5) is 11.9. The molecule has 1 unspecified atom stereocenters. The van der Waals surface area contributed by atoms with Crippen molar-refractivity contribution in [1.82, 2.24) is 10.6 Å². The first-order valence-corrected chi connectivity index (χ1v) is 8.45. The fourth-order valence-corrected chi connectivity index (χ4v) is 3.14. The first-order valence-electron chi connectivity index (χ1n) is 7.29. The van der Waals surface area contributed by atoms with Crippen LogP contribution >= 0.6 is 11.8 Å². The molecule has 1 aliphatic heterocycles. The highest BCUT2D eigenvalue weighted by molar-refractivity contribution is 7.99. The zero-order valence-corrected chi connectivity index (χ0v) is 13.3. The molecule has 0 radical (unpaired) electrons. The molecule has 0 bridgehead atoms. The molecule has 2 rings (SSSR count). The lowest BCUT2D eigenvalue weighted by Gasteiger charge is -2.22. The van der Waals surface area contributed by atoms with Gasteiger partial charge in [0, 0.05) is 42.6 Å². The summed E-state index contributed by atoms with van der Waals surface area (Å²) in [5.41, 5.74) is 0.524. The van der Waals surface area contributed by atoms with Gasteiger partial charge in [-0.25, -0.2) is 0 Å². The Hall–Kier alpha value is -1.41. The van der Waals surface area contributed by atoms with E-state index in [0.717, 1.165) is 18.1 Å².